The van der Waals surface area contributed by atoms with E-state index >= 15 is 0 Å². The molecule has 1 aliphatic heterocycles. The summed E-state index contributed by atoms with van der Waals surface area (Å²) in [4.78, 5) is 7.01. The van der Waals surface area contributed by atoms with Crippen LogP contribution in [-0.4, -0.2) is 29.5 Å². The monoisotopic (exact) mass is 233 g/mol. The molecule has 1 fully saturated rings. The lowest BCUT2D eigenvalue weighted by Gasteiger charge is -2.37. The number of pyridine rings is 1. The average molecular weight is 233 g/mol. The Morgan fingerprint density at radius 1 is 1.47 bits per heavy atom. The number of nitrogens with zero attached hydrogens (tertiary/aromatic N) is 2. The third kappa shape index (κ3) is 2.97. The van der Waals surface area contributed by atoms with E-state index in [4.69, 9.17) is 0 Å². The maximum atomic E-state index is 4.46. The molecule has 3 nitrogen and oxygen atoms in total. The van der Waals surface area contributed by atoms with Gasteiger partial charge in [0.2, 0.25) is 0 Å². The van der Waals surface area contributed by atoms with Crippen LogP contribution in [-0.2, 0) is 6.54 Å². The van der Waals surface area contributed by atoms with Gasteiger partial charge in [0.25, 0.3) is 0 Å². The normalized spacial score (nSPS) is 25.8. The Morgan fingerprint density at radius 2 is 2.29 bits per heavy atom. The smallest absolute Gasteiger partial charge is 0.0564 e. The van der Waals surface area contributed by atoms with E-state index in [9.17, 15) is 0 Å². The van der Waals surface area contributed by atoms with Crippen LogP contribution in [0.25, 0.3) is 0 Å². The number of piperidine rings is 1. The SMILES string of the molecule is CNc1ccnc(CN2CCCC(C)C2C)c1. The summed E-state index contributed by atoms with van der Waals surface area (Å²) in [7, 11) is 1.95. The number of likely N-dealkylation sites (tertiary alicyclic amines) is 1. The molecule has 94 valence electrons. The van der Waals surface area contributed by atoms with Crippen LogP contribution in [0.2, 0.25) is 0 Å². The number of rotatable bonds is 3. The second-order valence-electron chi connectivity index (χ2n) is 5.12. The van der Waals surface area contributed by atoms with Gasteiger partial charge in [-0.05, 0) is 44.4 Å². The molecule has 2 unspecified atom stereocenters. The molecule has 2 heterocycles. The summed E-state index contributed by atoms with van der Waals surface area (Å²) in [5.41, 5.74) is 2.31. The fourth-order valence-electron chi connectivity index (χ4n) is 2.57. The Morgan fingerprint density at radius 3 is 3.06 bits per heavy atom. The Labute approximate surface area is 104 Å². The van der Waals surface area contributed by atoms with Gasteiger partial charge in [-0.1, -0.05) is 6.92 Å². The minimum atomic E-state index is 0.670. The van der Waals surface area contributed by atoms with Crippen molar-refractivity contribution in [1.29, 1.82) is 0 Å². The molecule has 1 aromatic heterocycles. The summed E-state index contributed by atoms with van der Waals surface area (Å²) in [6.07, 6.45) is 4.57. The van der Waals surface area contributed by atoms with Gasteiger partial charge in [0.05, 0.1) is 5.69 Å². The van der Waals surface area contributed by atoms with Crippen molar-refractivity contribution in [2.45, 2.75) is 39.3 Å². The van der Waals surface area contributed by atoms with Crippen LogP contribution in [0, 0.1) is 5.92 Å². The molecule has 0 amide bonds. The molecule has 3 heteroatoms. The first-order valence-corrected chi connectivity index (χ1v) is 6.57. The van der Waals surface area contributed by atoms with Gasteiger partial charge >= 0.3 is 0 Å². The van der Waals surface area contributed by atoms with E-state index < -0.39 is 0 Å². The van der Waals surface area contributed by atoms with Crippen molar-refractivity contribution in [1.82, 2.24) is 9.88 Å². The lowest BCUT2D eigenvalue weighted by atomic mass is 9.92. The quantitative estimate of drug-likeness (QED) is 0.870. The van der Waals surface area contributed by atoms with Crippen LogP contribution in [0.5, 0.6) is 0 Å². The highest BCUT2D eigenvalue weighted by Gasteiger charge is 2.24. The topological polar surface area (TPSA) is 28.2 Å². The summed E-state index contributed by atoms with van der Waals surface area (Å²) in [5, 5.41) is 3.17. The second kappa shape index (κ2) is 5.50. The molecule has 2 atom stereocenters. The van der Waals surface area contributed by atoms with Gasteiger partial charge in [-0.2, -0.15) is 0 Å². The van der Waals surface area contributed by atoms with Crippen LogP contribution in [0.1, 0.15) is 32.4 Å². The molecule has 1 saturated heterocycles. The molecule has 1 aromatic rings. The fraction of sp³-hybridized carbons (Fsp3) is 0.643. The summed E-state index contributed by atoms with van der Waals surface area (Å²) in [6, 6.07) is 4.82. The van der Waals surface area contributed by atoms with Crippen LogP contribution in [0.3, 0.4) is 0 Å². The fourth-order valence-corrected chi connectivity index (χ4v) is 2.57. The largest absolute Gasteiger partial charge is 0.388 e. The summed E-state index contributed by atoms with van der Waals surface area (Å²) in [5.74, 6) is 0.802. The van der Waals surface area contributed by atoms with E-state index in [1.807, 2.05) is 19.3 Å². The van der Waals surface area contributed by atoms with Crippen LogP contribution >= 0.6 is 0 Å². The van der Waals surface area contributed by atoms with Crippen molar-refractivity contribution in [2.75, 3.05) is 18.9 Å². The number of hydrogen-bond acceptors (Lipinski definition) is 3. The lowest BCUT2D eigenvalue weighted by Crippen LogP contribution is -2.41. The predicted molar refractivity (Wildman–Crippen MR) is 72.1 cm³/mol. The zero-order valence-corrected chi connectivity index (χ0v) is 11.1. The van der Waals surface area contributed by atoms with Crippen LogP contribution in [0.4, 0.5) is 5.69 Å². The maximum absolute atomic E-state index is 4.46. The van der Waals surface area contributed by atoms with Crippen molar-refractivity contribution >= 4 is 5.69 Å². The average Bonchev–Trinajstić information content (AvgIpc) is 2.35. The molecule has 0 spiro atoms. The minimum Gasteiger partial charge on any atom is -0.388 e. The van der Waals surface area contributed by atoms with Gasteiger partial charge in [-0.3, -0.25) is 9.88 Å². The summed E-state index contributed by atoms with van der Waals surface area (Å²) < 4.78 is 0. The standard InChI is InChI=1S/C14H23N3/c1-11-5-4-8-17(12(11)2)10-14-9-13(15-3)6-7-16-14/h6-7,9,11-12H,4-5,8,10H2,1-3H3,(H,15,16). The Kier molecular flexibility index (Phi) is 4.00. The molecule has 1 N–H and O–H groups in total. The number of aromatic nitrogens is 1. The number of hydrogen-bond donors (Lipinski definition) is 1. The van der Waals surface area contributed by atoms with E-state index in [0.29, 0.717) is 6.04 Å². The first-order chi connectivity index (χ1) is 8.20. The van der Waals surface area contributed by atoms with Crippen LogP contribution in [0.15, 0.2) is 18.3 Å². The highest BCUT2D eigenvalue weighted by Crippen LogP contribution is 2.24. The molecule has 0 aliphatic carbocycles. The molecule has 0 saturated carbocycles. The zero-order chi connectivity index (χ0) is 12.3. The molecule has 17 heavy (non-hydrogen) atoms. The highest BCUT2D eigenvalue weighted by atomic mass is 15.2. The Hall–Kier alpha value is -1.09. The van der Waals surface area contributed by atoms with Gasteiger partial charge in [0.15, 0.2) is 0 Å². The van der Waals surface area contributed by atoms with E-state index in [2.05, 4.69) is 35.1 Å². The lowest BCUT2D eigenvalue weighted by molar-refractivity contribution is 0.105. The summed E-state index contributed by atoms with van der Waals surface area (Å²) >= 11 is 0. The van der Waals surface area contributed by atoms with E-state index in [1.165, 1.54) is 19.4 Å². The van der Waals surface area contributed by atoms with Crippen molar-refractivity contribution in [2.24, 2.45) is 5.92 Å². The molecular weight excluding hydrogens is 210 g/mol. The third-order valence-electron chi connectivity index (χ3n) is 3.97. The van der Waals surface area contributed by atoms with Crippen molar-refractivity contribution in [3.05, 3.63) is 24.0 Å². The maximum Gasteiger partial charge on any atom is 0.0564 e. The third-order valence-corrected chi connectivity index (χ3v) is 3.97. The van der Waals surface area contributed by atoms with Crippen LogP contribution < -0.4 is 5.32 Å². The van der Waals surface area contributed by atoms with Crippen molar-refractivity contribution in [3.63, 3.8) is 0 Å². The predicted octanol–water partition coefficient (Wildman–Crippen LogP) is 2.74. The van der Waals surface area contributed by atoms with Gasteiger partial charge in [0.1, 0.15) is 0 Å². The number of nitrogens with one attached hydrogen (secondary N) is 1. The second-order valence-corrected chi connectivity index (χ2v) is 5.12. The van der Waals surface area contributed by atoms with E-state index in [1.54, 1.807) is 0 Å². The van der Waals surface area contributed by atoms with E-state index in [-0.39, 0.29) is 0 Å². The summed E-state index contributed by atoms with van der Waals surface area (Å²) in [6.45, 7) is 6.87. The Bertz CT molecular complexity index is 364. The first kappa shape index (κ1) is 12.4. The van der Waals surface area contributed by atoms with Gasteiger partial charge < -0.3 is 5.32 Å². The molecule has 0 aromatic carbocycles. The van der Waals surface area contributed by atoms with Gasteiger partial charge in [-0.25, -0.2) is 0 Å². The molecule has 1 aliphatic rings. The minimum absolute atomic E-state index is 0.670. The molecular formula is C14H23N3. The van der Waals surface area contributed by atoms with Crippen molar-refractivity contribution < 1.29 is 0 Å². The van der Waals surface area contributed by atoms with E-state index in [0.717, 1.165) is 23.8 Å². The highest BCUT2D eigenvalue weighted by molar-refractivity contribution is 5.42. The zero-order valence-electron chi connectivity index (χ0n) is 11.1. The molecule has 0 radical (unpaired) electrons. The number of anilines is 1. The van der Waals surface area contributed by atoms with Gasteiger partial charge in [-0.15, -0.1) is 0 Å². The first-order valence-electron chi connectivity index (χ1n) is 6.57. The molecule has 0 bridgehead atoms. The Balaban J connectivity index is 2.04. The van der Waals surface area contributed by atoms with Crippen molar-refractivity contribution in [3.8, 4) is 0 Å². The van der Waals surface area contributed by atoms with Gasteiger partial charge in [0, 0.05) is 31.5 Å². The molecule has 2 rings (SSSR count).